The van der Waals surface area contributed by atoms with Gasteiger partial charge in [-0.05, 0) is 36.8 Å². The van der Waals surface area contributed by atoms with Crippen molar-refractivity contribution in [2.24, 2.45) is 0 Å². The monoisotopic (exact) mass is 301 g/mol. The maximum atomic E-state index is 5.42. The Bertz CT molecular complexity index is 378. The molecule has 0 bridgehead atoms. The Hall–Kier alpha value is -0.350. The molecule has 16 heavy (non-hydrogen) atoms. The van der Waals surface area contributed by atoms with Crippen molar-refractivity contribution in [1.82, 2.24) is 0 Å². The molecule has 1 heterocycles. The zero-order chi connectivity index (χ0) is 11.5. The summed E-state index contributed by atoms with van der Waals surface area (Å²) in [4.78, 5) is 0. The number of ether oxygens (including phenoxy) is 1. The molecule has 1 fully saturated rings. The summed E-state index contributed by atoms with van der Waals surface area (Å²) in [5.74, 6) is 3.37. The van der Waals surface area contributed by atoms with Crippen molar-refractivity contribution in [1.29, 1.82) is 0 Å². The van der Waals surface area contributed by atoms with Gasteiger partial charge in [0.05, 0.1) is 12.8 Å². The van der Waals surface area contributed by atoms with Gasteiger partial charge in [0.15, 0.2) is 0 Å². The van der Waals surface area contributed by atoms with Crippen LogP contribution in [0.2, 0.25) is 0 Å². The second-order valence-electron chi connectivity index (χ2n) is 4.00. The van der Waals surface area contributed by atoms with Crippen LogP contribution in [0.15, 0.2) is 16.6 Å². The van der Waals surface area contributed by atoms with E-state index in [1.165, 1.54) is 23.5 Å². The number of methoxy groups -OCH3 is 1. The van der Waals surface area contributed by atoms with Crippen molar-refractivity contribution in [3.8, 4) is 5.75 Å². The van der Waals surface area contributed by atoms with E-state index >= 15 is 0 Å². The number of hydrogen-bond donors (Lipinski definition) is 1. The molecule has 1 saturated heterocycles. The van der Waals surface area contributed by atoms with Crippen LogP contribution in [0.5, 0.6) is 5.75 Å². The molecule has 1 aromatic rings. The highest BCUT2D eigenvalue weighted by Crippen LogP contribution is 2.34. The van der Waals surface area contributed by atoms with Crippen molar-refractivity contribution in [2.45, 2.75) is 19.4 Å². The summed E-state index contributed by atoms with van der Waals surface area (Å²) in [7, 11) is 1.72. The van der Waals surface area contributed by atoms with E-state index in [0.29, 0.717) is 6.04 Å². The normalized spacial score (nSPS) is 19.8. The summed E-state index contributed by atoms with van der Waals surface area (Å²) >= 11 is 5.50. The van der Waals surface area contributed by atoms with E-state index in [-0.39, 0.29) is 0 Å². The molecule has 0 aromatic heterocycles. The molecule has 88 valence electrons. The van der Waals surface area contributed by atoms with Crippen LogP contribution in [0, 0.1) is 6.92 Å². The van der Waals surface area contributed by atoms with Gasteiger partial charge in [-0.15, -0.1) is 0 Å². The number of nitrogens with one attached hydrogen (secondary N) is 1. The van der Waals surface area contributed by atoms with Crippen LogP contribution in [0.25, 0.3) is 0 Å². The van der Waals surface area contributed by atoms with Gasteiger partial charge in [0.2, 0.25) is 0 Å². The van der Waals surface area contributed by atoms with Gasteiger partial charge in [-0.1, -0.05) is 15.9 Å². The molecule has 1 unspecified atom stereocenters. The third-order valence-corrected chi connectivity index (χ3v) is 4.38. The van der Waals surface area contributed by atoms with E-state index in [2.05, 4.69) is 34.2 Å². The summed E-state index contributed by atoms with van der Waals surface area (Å²) < 4.78 is 6.48. The minimum absolute atomic E-state index is 0.582. The fourth-order valence-electron chi connectivity index (χ4n) is 1.91. The van der Waals surface area contributed by atoms with Crippen LogP contribution in [0.4, 0.5) is 5.69 Å². The summed E-state index contributed by atoms with van der Waals surface area (Å²) in [6, 6.07) is 4.71. The number of thioether (sulfide) groups is 1. The van der Waals surface area contributed by atoms with Gasteiger partial charge < -0.3 is 10.1 Å². The number of aryl methyl sites for hydroxylation is 1. The lowest BCUT2D eigenvalue weighted by Gasteiger charge is -2.18. The minimum Gasteiger partial charge on any atom is -0.495 e. The lowest BCUT2D eigenvalue weighted by Crippen LogP contribution is -2.19. The highest BCUT2D eigenvalue weighted by molar-refractivity contribution is 9.10. The fraction of sp³-hybridized carbons (Fsp3) is 0.500. The van der Waals surface area contributed by atoms with Gasteiger partial charge in [0, 0.05) is 16.3 Å². The Morgan fingerprint density at radius 3 is 2.94 bits per heavy atom. The maximum Gasteiger partial charge on any atom is 0.143 e. The second-order valence-corrected chi connectivity index (χ2v) is 6.07. The van der Waals surface area contributed by atoms with Crippen molar-refractivity contribution >= 4 is 33.4 Å². The minimum atomic E-state index is 0.582. The molecule has 2 rings (SSSR count). The van der Waals surface area contributed by atoms with E-state index in [1.54, 1.807) is 7.11 Å². The third-order valence-electron chi connectivity index (χ3n) is 2.76. The molecular weight excluding hydrogens is 286 g/mol. The second kappa shape index (κ2) is 5.32. The lowest BCUT2D eigenvalue weighted by molar-refractivity contribution is 0.415. The molecule has 4 heteroatoms. The van der Waals surface area contributed by atoms with Crippen molar-refractivity contribution in [3.05, 3.63) is 22.2 Å². The van der Waals surface area contributed by atoms with E-state index in [1.807, 2.05) is 17.8 Å². The molecule has 0 saturated carbocycles. The summed E-state index contributed by atoms with van der Waals surface area (Å²) in [6.45, 7) is 2.11. The first-order valence-electron chi connectivity index (χ1n) is 5.39. The molecule has 0 amide bonds. The average molecular weight is 302 g/mol. The number of rotatable bonds is 3. The third kappa shape index (κ3) is 2.66. The predicted octanol–water partition coefficient (Wildman–Crippen LogP) is 3.68. The van der Waals surface area contributed by atoms with Crippen molar-refractivity contribution in [3.63, 3.8) is 0 Å². The van der Waals surface area contributed by atoms with Gasteiger partial charge in [-0.2, -0.15) is 11.8 Å². The Morgan fingerprint density at radius 1 is 1.50 bits per heavy atom. The van der Waals surface area contributed by atoms with Crippen molar-refractivity contribution < 1.29 is 4.74 Å². The average Bonchev–Trinajstić information content (AvgIpc) is 2.74. The number of benzene rings is 1. The Labute approximate surface area is 109 Å². The Kier molecular flexibility index (Phi) is 4.03. The van der Waals surface area contributed by atoms with Gasteiger partial charge in [-0.25, -0.2) is 0 Å². The number of halogens is 1. The van der Waals surface area contributed by atoms with Gasteiger partial charge in [0.25, 0.3) is 0 Å². The van der Waals surface area contributed by atoms with E-state index in [0.717, 1.165) is 15.9 Å². The smallest absolute Gasteiger partial charge is 0.143 e. The van der Waals surface area contributed by atoms with Gasteiger partial charge in [-0.3, -0.25) is 0 Å². The Morgan fingerprint density at radius 2 is 2.31 bits per heavy atom. The van der Waals surface area contributed by atoms with Gasteiger partial charge >= 0.3 is 0 Å². The first-order valence-corrected chi connectivity index (χ1v) is 7.34. The summed E-state index contributed by atoms with van der Waals surface area (Å²) in [5, 5.41) is 3.59. The highest BCUT2D eigenvalue weighted by atomic mass is 79.9. The zero-order valence-corrected chi connectivity index (χ0v) is 12.0. The van der Waals surface area contributed by atoms with E-state index in [4.69, 9.17) is 4.74 Å². The van der Waals surface area contributed by atoms with E-state index < -0.39 is 0 Å². The highest BCUT2D eigenvalue weighted by Gasteiger charge is 2.18. The molecule has 1 N–H and O–H groups in total. The lowest BCUT2D eigenvalue weighted by atomic mass is 10.1. The molecule has 0 radical (unpaired) electrons. The first kappa shape index (κ1) is 12.1. The molecular formula is C12H16BrNOS. The van der Waals surface area contributed by atoms with Crippen LogP contribution in [-0.4, -0.2) is 24.7 Å². The molecule has 1 atom stereocenters. The maximum absolute atomic E-state index is 5.42. The Balaban J connectivity index is 2.23. The number of anilines is 1. The summed E-state index contributed by atoms with van der Waals surface area (Å²) in [5.41, 5.74) is 2.36. The first-order chi connectivity index (χ1) is 7.70. The molecule has 0 aliphatic carbocycles. The van der Waals surface area contributed by atoms with E-state index in [9.17, 15) is 0 Å². The quantitative estimate of drug-likeness (QED) is 0.920. The molecule has 1 aromatic carbocycles. The molecule has 1 aliphatic heterocycles. The zero-order valence-electron chi connectivity index (χ0n) is 9.55. The van der Waals surface area contributed by atoms with Gasteiger partial charge in [0.1, 0.15) is 5.75 Å². The van der Waals surface area contributed by atoms with Crippen LogP contribution in [-0.2, 0) is 0 Å². The van der Waals surface area contributed by atoms with Crippen LogP contribution in [0.1, 0.15) is 12.0 Å². The predicted molar refractivity (Wildman–Crippen MR) is 74.8 cm³/mol. The van der Waals surface area contributed by atoms with Crippen LogP contribution >= 0.6 is 27.7 Å². The fourth-order valence-corrected chi connectivity index (χ4v) is 3.61. The molecule has 1 aliphatic rings. The standard InChI is InChI=1S/C12H16BrNOS/c1-8-5-9(13)6-11(15-2)12(8)14-10-3-4-16-7-10/h5-6,10,14H,3-4,7H2,1-2H3. The van der Waals surface area contributed by atoms with Crippen molar-refractivity contribution in [2.75, 3.05) is 23.9 Å². The largest absolute Gasteiger partial charge is 0.495 e. The van der Waals surface area contributed by atoms with Crippen LogP contribution in [0.3, 0.4) is 0 Å². The molecule has 2 nitrogen and oxygen atoms in total. The topological polar surface area (TPSA) is 21.3 Å². The number of hydrogen-bond acceptors (Lipinski definition) is 3. The summed E-state index contributed by atoms with van der Waals surface area (Å²) in [6.07, 6.45) is 1.24. The molecule has 0 spiro atoms. The SMILES string of the molecule is COc1cc(Br)cc(C)c1NC1CCSC1. The van der Waals surface area contributed by atoms with Crippen LogP contribution < -0.4 is 10.1 Å².